The Kier molecular flexibility index (Phi) is 7.13. The first kappa shape index (κ1) is 13.2. The molecule has 0 atom stereocenters. The second kappa shape index (κ2) is 7.57. The van der Waals surface area contributed by atoms with Gasteiger partial charge in [-0.05, 0) is 26.2 Å². The normalized spacial score (nSPS) is 9.57. The van der Waals surface area contributed by atoms with Gasteiger partial charge in [0.15, 0.2) is 0 Å². The van der Waals surface area contributed by atoms with Crippen LogP contribution in [-0.2, 0) is 0 Å². The van der Waals surface area contributed by atoms with Crippen LogP contribution in [0, 0.1) is 19.8 Å². The molecule has 0 fully saturated rings. The summed E-state index contributed by atoms with van der Waals surface area (Å²) in [5.41, 5.74) is 2.66. The molecule has 0 saturated carbocycles. The van der Waals surface area contributed by atoms with Crippen LogP contribution in [0.2, 0.25) is 0 Å². The minimum Gasteiger partial charge on any atom is -0.396 e. The number of aliphatic hydroxyl groups excluding tert-OH is 1. The largest absolute Gasteiger partial charge is 0.396 e. The molecule has 0 aliphatic heterocycles. The van der Waals surface area contributed by atoms with E-state index in [1.807, 2.05) is 0 Å². The lowest BCUT2D eigenvalue weighted by atomic mass is 10.2. The SMILES string of the molecule is CC(C)CCO.Cc1ccc(C)cc1. The molecule has 1 aromatic rings. The average Bonchev–Trinajstić information content (AvgIpc) is 2.11. The topological polar surface area (TPSA) is 20.2 Å². The Balaban J connectivity index is 0.000000255. The molecule has 0 unspecified atom stereocenters. The van der Waals surface area contributed by atoms with Crippen molar-refractivity contribution in [3.63, 3.8) is 0 Å². The number of hydrogen-bond acceptors (Lipinski definition) is 1. The fourth-order valence-electron chi connectivity index (χ4n) is 0.895. The minimum atomic E-state index is 0.331. The van der Waals surface area contributed by atoms with Crippen molar-refractivity contribution in [3.8, 4) is 0 Å². The Hall–Kier alpha value is -0.820. The number of aliphatic hydroxyl groups is 1. The van der Waals surface area contributed by atoms with E-state index in [1.54, 1.807) is 0 Å². The zero-order chi connectivity index (χ0) is 11.0. The van der Waals surface area contributed by atoms with Gasteiger partial charge < -0.3 is 5.11 Å². The number of rotatable bonds is 2. The molecular weight excluding hydrogens is 172 g/mol. The minimum absolute atomic E-state index is 0.331. The zero-order valence-corrected chi connectivity index (χ0v) is 9.75. The Morgan fingerprint density at radius 2 is 1.36 bits per heavy atom. The summed E-state index contributed by atoms with van der Waals surface area (Å²) in [6.45, 7) is 8.71. The molecule has 1 rings (SSSR count). The molecule has 14 heavy (non-hydrogen) atoms. The van der Waals surface area contributed by atoms with Crippen molar-refractivity contribution in [2.75, 3.05) is 6.61 Å². The second-order valence-electron chi connectivity index (χ2n) is 4.06. The fourth-order valence-corrected chi connectivity index (χ4v) is 0.895. The first-order valence-electron chi connectivity index (χ1n) is 5.20. The van der Waals surface area contributed by atoms with Crippen LogP contribution in [0.25, 0.3) is 0 Å². The van der Waals surface area contributed by atoms with E-state index >= 15 is 0 Å². The van der Waals surface area contributed by atoms with Gasteiger partial charge in [0.1, 0.15) is 0 Å². The van der Waals surface area contributed by atoms with E-state index < -0.39 is 0 Å². The van der Waals surface area contributed by atoms with Crippen molar-refractivity contribution < 1.29 is 5.11 Å². The van der Waals surface area contributed by atoms with Gasteiger partial charge in [0.05, 0.1) is 0 Å². The Morgan fingerprint density at radius 3 is 1.50 bits per heavy atom. The third-order valence-electron chi connectivity index (χ3n) is 1.92. The highest BCUT2D eigenvalue weighted by Gasteiger charge is 1.86. The van der Waals surface area contributed by atoms with Crippen molar-refractivity contribution >= 4 is 0 Å². The van der Waals surface area contributed by atoms with Crippen molar-refractivity contribution in [1.29, 1.82) is 0 Å². The molecule has 0 aliphatic rings. The van der Waals surface area contributed by atoms with E-state index in [4.69, 9.17) is 5.11 Å². The van der Waals surface area contributed by atoms with E-state index in [2.05, 4.69) is 52.0 Å². The molecule has 1 N–H and O–H groups in total. The van der Waals surface area contributed by atoms with Crippen LogP contribution in [-0.4, -0.2) is 11.7 Å². The monoisotopic (exact) mass is 194 g/mol. The van der Waals surface area contributed by atoms with Crippen LogP contribution in [0.5, 0.6) is 0 Å². The molecule has 0 aromatic heterocycles. The molecule has 80 valence electrons. The van der Waals surface area contributed by atoms with Gasteiger partial charge in [-0.15, -0.1) is 0 Å². The third kappa shape index (κ3) is 7.81. The fraction of sp³-hybridized carbons (Fsp3) is 0.538. The maximum absolute atomic E-state index is 8.24. The molecule has 0 bridgehead atoms. The summed E-state index contributed by atoms with van der Waals surface area (Å²) in [5.74, 6) is 0.648. The summed E-state index contributed by atoms with van der Waals surface area (Å²) in [6.07, 6.45) is 0.931. The molecule has 0 aliphatic carbocycles. The summed E-state index contributed by atoms with van der Waals surface area (Å²) in [6, 6.07) is 8.48. The van der Waals surface area contributed by atoms with Gasteiger partial charge >= 0.3 is 0 Å². The van der Waals surface area contributed by atoms with Gasteiger partial charge in [-0.3, -0.25) is 0 Å². The van der Waals surface area contributed by atoms with Gasteiger partial charge in [0.25, 0.3) is 0 Å². The van der Waals surface area contributed by atoms with Crippen LogP contribution in [0.4, 0.5) is 0 Å². The van der Waals surface area contributed by atoms with Gasteiger partial charge in [-0.1, -0.05) is 49.2 Å². The number of aryl methyl sites for hydroxylation is 2. The van der Waals surface area contributed by atoms with Crippen LogP contribution in [0.3, 0.4) is 0 Å². The third-order valence-corrected chi connectivity index (χ3v) is 1.92. The quantitative estimate of drug-likeness (QED) is 0.765. The molecule has 0 radical (unpaired) electrons. The summed E-state index contributed by atoms with van der Waals surface area (Å²) < 4.78 is 0. The van der Waals surface area contributed by atoms with Gasteiger partial charge in [0, 0.05) is 6.61 Å². The summed E-state index contributed by atoms with van der Waals surface area (Å²) in [5, 5.41) is 8.24. The van der Waals surface area contributed by atoms with E-state index in [0.29, 0.717) is 12.5 Å². The van der Waals surface area contributed by atoms with E-state index in [9.17, 15) is 0 Å². The highest BCUT2D eigenvalue weighted by Crippen LogP contribution is 1.99. The smallest absolute Gasteiger partial charge is 0.0433 e. The molecule has 1 aromatic carbocycles. The Bertz CT molecular complexity index is 202. The molecule has 0 spiro atoms. The van der Waals surface area contributed by atoms with Crippen LogP contribution < -0.4 is 0 Å². The molecule has 0 heterocycles. The predicted molar refractivity (Wildman–Crippen MR) is 62.5 cm³/mol. The van der Waals surface area contributed by atoms with Crippen molar-refractivity contribution in [2.24, 2.45) is 5.92 Å². The number of benzene rings is 1. The van der Waals surface area contributed by atoms with Crippen LogP contribution in [0.15, 0.2) is 24.3 Å². The molecule has 1 nitrogen and oxygen atoms in total. The summed E-state index contributed by atoms with van der Waals surface area (Å²) >= 11 is 0. The second-order valence-corrected chi connectivity index (χ2v) is 4.06. The van der Waals surface area contributed by atoms with E-state index in [1.165, 1.54) is 11.1 Å². The average molecular weight is 194 g/mol. The van der Waals surface area contributed by atoms with Crippen LogP contribution in [0.1, 0.15) is 31.4 Å². The first-order valence-corrected chi connectivity index (χ1v) is 5.20. The Morgan fingerprint density at radius 1 is 1.00 bits per heavy atom. The van der Waals surface area contributed by atoms with Gasteiger partial charge in [-0.25, -0.2) is 0 Å². The molecule has 1 heteroatoms. The van der Waals surface area contributed by atoms with Gasteiger partial charge in [-0.2, -0.15) is 0 Å². The standard InChI is InChI=1S/C8H10.C5H12O/c1-7-3-5-8(2)6-4-7;1-5(2)3-4-6/h3-6H,1-2H3;5-6H,3-4H2,1-2H3. The van der Waals surface area contributed by atoms with E-state index in [0.717, 1.165) is 6.42 Å². The summed E-state index contributed by atoms with van der Waals surface area (Å²) in [4.78, 5) is 0. The van der Waals surface area contributed by atoms with E-state index in [-0.39, 0.29) is 0 Å². The first-order chi connectivity index (χ1) is 6.56. The van der Waals surface area contributed by atoms with Gasteiger partial charge in [0.2, 0.25) is 0 Å². The lowest BCUT2D eigenvalue weighted by Gasteiger charge is -1.95. The zero-order valence-electron chi connectivity index (χ0n) is 9.75. The highest BCUT2D eigenvalue weighted by molar-refractivity contribution is 5.19. The predicted octanol–water partition coefficient (Wildman–Crippen LogP) is 3.33. The van der Waals surface area contributed by atoms with Crippen molar-refractivity contribution in [1.82, 2.24) is 0 Å². The maximum atomic E-state index is 8.24. The molecule has 0 amide bonds. The Labute approximate surface area is 87.8 Å². The highest BCUT2D eigenvalue weighted by atomic mass is 16.2. The number of hydrogen-bond donors (Lipinski definition) is 1. The lowest BCUT2D eigenvalue weighted by Crippen LogP contribution is -1.89. The summed E-state index contributed by atoms with van der Waals surface area (Å²) in [7, 11) is 0. The van der Waals surface area contributed by atoms with Crippen molar-refractivity contribution in [2.45, 2.75) is 34.1 Å². The molecular formula is C13H22O. The van der Waals surface area contributed by atoms with Crippen molar-refractivity contribution in [3.05, 3.63) is 35.4 Å². The maximum Gasteiger partial charge on any atom is 0.0433 e. The lowest BCUT2D eigenvalue weighted by molar-refractivity contribution is 0.268. The van der Waals surface area contributed by atoms with Crippen LogP contribution >= 0.6 is 0 Å². The molecule has 0 saturated heterocycles.